The van der Waals surface area contributed by atoms with Crippen molar-refractivity contribution in [1.29, 1.82) is 0 Å². The molecule has 0 fully saturated rings. The van der Waals surface area contributed by atoms with Gasteiger partial charge in [0.2, 0.25) is 11.8 Å². The van der Waals surface area contributed by atoms with Gasteiger partial charge in [0.05, 0.1) is 0 Å². The number of hydrogen-bond donors (Lipinski definition) is 1. The Morgan fingerprint density at radius 3 is 2.46 bits per heavy atom. The summed E-state index contributed by atoms with van der Waals surface area (Å²) < 4.78 is 5.64. The van der Waals surface area contributed by atoms with Gasteiger partial charge >= 0.3 is 0 Å². The Morgan fingerprint density at radius 1 is 1.12 bits per heavy atom. The molecule has 6 nitrogen and oxygen atoms in total. The first-order valence-electron chi connectivity index (χ1n) is 8.48. The minimum absolute atomic E-state index is 0.263. The van der Waals surface area contributed by atoms with Crippen LogP contribution in [0.5, 0.6) is 0 Å². The minimum atomic E-state index is -1.08. The van der Waals surface area contributed by atoms with Crippen LogP contribution < -0.4 is 5.32 Å². The van der Waals surface area contributed by atoms with E-state index in [0.717, 1.165) is 10.6 Å². The molecule has 0 aromatic heterocycles. The fourth-order valence-corrected chi connectivity index (χ4v) is 2.61. The zero-order valence-corrected chi connectivity index (χ0v) is 14.8. The molecule has 1 aliphatic rings. The lowest BCUT2D eigenvalue weighted by atomic mass is 10.1. The molecule has 2 amide bonds. The van der Waals surface area contributed by atoms with Crippen LogP contribution in [0, 0.1) is 6.92 Å². The second kappa shape index (κ2) is 7.82. The second-order valence-electron chi connectivity index (χ2n) is 6.13. The Balaban J connectivity index is 1.61. The fourth-order valence-electron chi connectivity index (χ4n) is 2.61. The molecule has 0 aliphatic carbocycles. The van der Waals surface area contributed by atoms with E-state index in [-0.39, 0.29) is 17.7 Å². The van der Waals surface area contributed by atoms with Crippen LogP contribution in [0.15, 0.2) is 59.7 Å². The van der Waals surface area contributed by atoms with E-state index < -0.39 is 6.23 Å². The van der Waals surface area contributed by atoms with E-state index in [0.29, 0.717) is 18.5 Å². The number of rotatable bonds is 5. The summed E-state index contributed by atoms with van der Waals surface area (Å²) in [7, 11) is 0. The number of hydrogen-bond acceptors (Lipinski definition) is 4. The van der Waals surface area contributed by atoms with Gasteiger partial charge in [-0.3, -0.25) is 9.59 Å². The Bertz CT molecular complexity index is 816. The van der Waals surface area contributed by atoms with E-state index >= 15 is 0 Å². The SMILES string of the molecule is CC(=O)N1N=C(c2ccccc2)OC1C(=O)NCCc1ccc(C)cc1. The van der Waals surface area contributed by atoms with Gasteiger partial charge in [-0.05, 0) is 31.0 Å². The van der Waals surface area contributed by atoms with Crippen molar-refractivity contribution in [3.05, 3.63) is 71.3 Å². The van der Waals surface area contributed by atoms with E-state index in [2.05, 4.69) is 10.4 Å². The average Bonchev–Trinajstić information content (AvgIpc) is 3.10. The van der Waals surface area contributed by atoms with Gasteiger partial charge in [-0.2, -0.15) is 5.01 Å². The lowest BCUT2D eigenvalue weighted by Gasteiger charge is -2.18. The summed E-state index contributed by atoms with van der Waals surface area (Å²) >= 11 is 0. The minimum Gasteiger partial charge on any atom is -0.440 e. The van der Waals surface area contributed by atoms with Crippen molar-refractivity contribution < 1.29 is 14.3 Å². The zero-order valence-electron chi connectivity index (χ0n) is 14.8. The first kappa shape index (κ1) is 17.7. The van der Waals surface area contributed by atoms with Crippen LogP contribution in [0.3, 0.4) is 0 Å². The van der Waals surface area contributed by atoms with Crippen molar-refractivity contribution in [3.63, 3.8) is 0 Å². The molecule has 1 heterocycles. The highest BCUT2D eigenvalue weighted by molar-refractivity contribution is 5.99. The third-order valence-electron chi connectivity index (χ3n) is 4.05. The number of nitrogens with one attached hydrogen (secondary N) is 1. The summed E-state index contributed by atoms with van der Waals surface area (Å²) in [4.78, 5) is 24.3. The Labute approximate surface area is 152 Å². The van der Waals surface area contributed by atoms with Gasteiger partial charge in [-0.25, -0.2) is 0 Å². The van der Waals surface area contributed by atoms with Gasteiger partial charge in [0, 0.05) is 19.0 Å². The van der Waals surface area contributed by atoms with E-state index in [1.54, 1.807) is 0 Å². The Morgan fingerprint density at radius 2 is 1.81 bits per heavy atom. The standard InChI is InChI=1S/C20H21N3O3/c1-14-8-10-16(11-9-14)12-13-21-18(25)20-23(15(2)24)22-19(26-20)17-6-4-3-5-7-17/h3-11,20H,12-13H2,1-2H3,(H,21,25). The van der Waals surface area contributed by atoms with Gasteiger partial charge in [0.15, 0.2) is 0 Å². The van der Waals surface area contributed by atoms with Crippen LogP contribution in [0.4, 0.5) is 0 Å². The van der Waals surface area contributed by atoms with E-state index in [1.165, 1.54) is 12.5 Å². The highest BCUT2D eigenvalue weighted by Gasteiger charge is 2.37. The van der Waals surface area contributed by atoms with E-state index in [9.17, 15) is 9.59 Å². The summed E-state index contributed by atoms with van der Waals surface area (Å²) in [5, 5.41) is 8.04. The molecule has 6 heteroatoms. The van der Waals surface area contributed by atoms with Crippen molar-refractivity contribution in [2.45, 2.75) is 26.5 Å². The topological polar surface area (TPSA) is 71.0 Å². The molecule has 0 bridgehead atoms. The van der Waals surface area contributed by atoms with Gasteiger partial charge in [-0.1, -0.05) is 48.0 Å². The number of ether oxygens (including phenoxy) is 1. The molecule has 134 valence electrons. The number of carbonyl (C=O) groups excluding carboxylic acids is 2. The molecular weight excluding hydrogens is 330 g/mol. The summed E-state index contributed by atoms with van der Waals surface area (Å²) in [6, 6.07) is 17.3. The quantitative estimate of drug-likeness (QED) is 0.898. The molecule has 1 unspecified atom stereocenters. The number of aryl methyl sites for hydroxylation is 1. The summed E-state index contributed by atoms with van der Waals surface area (Å²) in [6.07, 6.45) is -0.383. The van der Waals surface area contributed by atoms with Gasteiger partial charge in [-0.15, -0.1) is 5.10 Å². The highest BCUT2D eigenvalue weighted by atomic mass is 16.5. The van der Waals surface area contributed by atoms with Crippen LogP contribution in [0.2, 0.25) is 0 Å². The number of carbonyl (C=O) groups is 2. The predicted octanol–water partition coefficient (Wildman–Crippen LogP) is 2.22. The van der Waals surface area contributed by atoms with E-state index in [4.69, 9.17) is 4.74 Å². The largest absolute Gasteiger partial charge is 0.440 e. The first-order chi connectivity index (χ1) is 12.5. The van der Waals surface area contributed by atoms with Crippen molar-refractivity contribution in [3.8, 4) is 0 Å². The monoisotopic (exact) mass is 351 g/mol. The van der Waals surface area contributed by atoms with Crippen molar-refractivity contribution in [2.75, 3.05) is 6.54 Å². The van der Waals surface area contributed by atoms with Crippen LogP contribution >= 0.6 is 0 Å². The van der Waals surface area contributed by atoms with Crippen molar-refractivity contribution >= 4 is 17.7 Å². The highest BCUT2D eigenvalue weighted by Crippen LogP contribution is 2.17. The summed E-state index contributed by atoms with van der Waals surface area (Å²) in [5.41, 5.74) is 3.04. The van der Waals surface area contributed by atoms with Crippen LogP contribution in [0.25, 0.3) is 0 Å². The molecule has 1 aliphatic heterocycles. The fraction of sp³-hybridized carbons (Fsp3) is 0.250. The number of amides is 2. The molecule has 1 atom stereocenters. The smallest absolute Gasteiger partial charge is 0.284 e. The Hall–Kier alpha value is -3.15. The molecule has 0 radical (unpaired) electrons. The van der Waals surface area contributed by atoms with Gasteiger partial charge in [0.25, 0.3) is 12.1 Å². The van der Waals surface area contributed by atoms with Crippen LogP contribution in [0.1, 0.15) is 23.6 Å². The molecular formula is C20H21N3O3. The Kier molecular flexibility index (Phi) is 5.31. The van der Waals surface area contributed by atoms with E-state index in [1.807, 2.05) is 61.5 Å². The number of benzene rings is 2. The van der Waals surface area contributed by atoms with Gasteiger partial charge in [0.1, 0.15) is 0 Å². The lowest BCUT2D eigenvalue weighted by molar-refractivity contribution is -0.146. The molecule has 2 aromatic rings. The van der Waals surface area contributed by atoms with Crippen molar-refractivity contribution in [1.82, 2.24) is 10.3 Å². The molecule has 0 saturated carbocycles. The lowest BCUT2D eigenvalue weighted by Crippen LogP contribution is -2.45. The molecule has 0 saturated heterocycles. The molecule has 1 N–H and O–H groups in total. The molecule has 0 spiro atoms. The zero-order chi connectivity index (χ0) is 18.5. The van der Waals surface area contributed by atoms with Crippen LogP contribution in [-0.2, 0) is 20.7 Å². The van der Waals surface area contributed by atoms with Gasteiger partial charge < -0.3 is 10.1 Å². The molecule has 3 rings (SSSR count). The summed E-state index contributed by atoms with van der Waals surface area (Å²) in [5.74, 6) is -0.476. The first-order valence-corrected chi connectivity index (χ1v) is 8.48. The second-order valence-corrected chi connectivity index (χ2v) is 6.13. The maximum absolute atomic E-state index is 12.5. The third-order valence-corrected chi connectivity index (χ3v) is 4.05. The van der Waals surface area contributed by atoms with Crippen molar-refractivity contribution in [2.24, 2.45) is 5.10 Å². The normalized spacial score (nSPS) is 16.0. The third kappa shape index (κ3) is 4.08. The maximum atomic E-state index is 12.5. The average molecular weight is 351 g/mol. The molecule has 2 aromatic carbocycles. The predicted molar refractivity (Wildman–Crippen MR) is 98.3 cm³/mol. The van der Waals surface area contributed by atoms with Crippen LogP contribution in [-0.4, -0.2) is 35.5 Å². The number of hydrazone groups is 1. The molecule has 26 heavy (non-hydrogen) atoms. The maximum Gasteiger partial charge on any atom is 0.284 e. The number of nitrogens with zero attached hydrogens (tertiary/aromatic N) is 2. The summed E-state index contributed by atoms with van der Waals surface area (Å²) in [6.45, 7) is 3.84.